The van der Waals surface area contributed by atoms with Crippen molar-refractivity contribution in [2.24, 2.45) is 4.99 Å². The number of aliphatic imine (C=N–C) groups is 1. The SMILES string of the molecule is CN(C)CCN=C(c1ccccc1)c1ccccn1. The Hall–Kier alpha value is -2.00. The van der Waals surface area contributed by atoms with Gasteiger partial charge in [0.15, 0.2) is 0 Å². The highest BCUT2D eigenvalue weighted by atomic mass is 15.1. The molecule has 0 aliphatic rings. The number of rotatable bonds is 5. The quantitative estimate of drug-likeness (QED) is 0.766. The first kappa shape index (κ1) is 13.4. The van der Waals surface area contributed by atoms with Crippen molar-refractivity contribution in [1.82, 2.24) is 9.88 Å². The Morgan fingerprint density at radius 1 is 1.05 bits per heavy atom. The molecular weight excluding hydrogens is 234 g/mol. The average molecular weight is 253 g/mol. The minimum Gasteiger partial charge on any atom is -0.308 e. The summed E-state index contributed by atoms with van der Waals surface area (Å²) in [5.41, 5.74) is 3.00. The lowest BCUT2D eigenvalue weighted by atomic mass is 10.1. The van der Waals surface area contributed by atoms with Gasteiger partial charge in [0.05, 0.1) is 18.0 Å². The summed E-state index contributed by atoms with van der Waals surface area (Å²) in [5.74, 6) is 0. The van der Waals surface area contributed by atoms with Crippen LogP contribution in [0.5, 0.6) is 0 Å². The molecule has 0 saturated carbocycles. The number of aromatic nitrogens is 1. The number of pyridine rings is 1. The number of hydrogen-bond acceptors (Lipinski definition) is 3. The van der Waals surface area contributed by atoms with Crippen LogP contribution in [0.15, 0.2) is 59.7 Å². The van der Waals surface area contributed by atoms with Gasteiger partial charge in [0.1, 0.15) is 0 Å². The van der Waals surface area contributed by atoms with E-state index in [1.807, 2.05) is 36.4 Å². The molecule has 0 aliphatic heterocycles. The van der Waals surface area contributed by atoms with E-state index in [1.165, 1.54) is 0 Å². The van der Waals surface area contributed by atoms with E-state index in [9.17, 15) is 0 Å². The third kappa shape index (κ3) is 4.00. The van der Waals surface area contributed by atoms with Crippen LogP contribution < -0.4 is 0 Å². The van der Waals surface area contributed by atoms with Gasteiger partial charge in [0, 0.05) is 18.3 Å². The molecule has 0 fully saturated rings. The van der Waals surface area contributed by atoms with Crippen LogP contribution in [0.1, 0.15) is 11.3 Å². The molecule has 2 aromatic rings. The van der Waals surface area contributed by atoms with Gasteiger partial charge in [0.2, 0.25) is 0 Å². The van der Waals surface area contributed by atoms with Crippen molar-refractivity contribution >= 4 is 5.71 Å². The molecule has 2 rings (SSSR count). The summed E-state index contributed by atoms with van der Waals surface area (Å²) in [7, 11) is 4.11. The summed E-state index contributed by atoms with van der Waals surface area (Å²) in [5, 5.41) is 0. The van der Waals surface area contributed by atoms with Crippen molar-refractivity contribution in [3.63, 3.8) is 0 Å². The topological polar surface area (TPSA) is 28.5 Å². The molecule has 0 spiro atoms. The Morgan fingerprint density at radius 2 is 1.79 bits per heavy atom. The molecule has 0 aliphatic carbocycles. The fourth-order valence-electron chi connectivity index (χ4n) is 1.78. The maximum Gasteiger partial charge on any atom is 0.0903 e. The zero-order valence-electron chi connectivity index (χ0n) is 11.5. The first-order valence-electron chi connectivity index (χ1n) is 6.43. The van der Waals surface area contributed by atoms with E-state index in [-0.39, 0.29) is 0 Å². The van der Waals surface area contributed by atoms with Crippen molar-refractivity contribution in [3.8, 4) is 0 Å². The van der Waals surface area contributed by atoms with E-state index in [1.54, 1.807) is 6.20 Å². The van der Waals surface area contributed by atoms with Crippen molar-refractivity contribution in [2.45, 2.75) is 0 Å². The number of benzene rings is 1. The lowest BCUT2D eigenvalue weighted by molar-refractivity contribution is 0.420. The van der Waals surface area contributed by atoms with Gasteiger partial charge in [-0.3, -0.25) is 9.98 Å². The maximum absolute atomic E-state index is 4.72. The molecule has 98 valence electrons. The van der Waals surface area contributed by atoms with E-state index in [0.717, 1.165) is 30.1 Å². The van der Waals surface area contributed by atoms with Crippen molar-refractivity contribution in [3.05, 3.63) is 66.0 Å². The van der Waals surface area contributed by atoms with Crippen molar-refractivity contribution in [2.75, 3.05) is 27.2 Å². The highest BCUT2D eigenvalue weighted by molar-refractivity contribution is 6.11. The van der Waals surface area contributed by atoms with E-state index in [4.69, 9.17) is 4.99 Å². The van der Waals surface area contributed by atoms with Crippen molar-refractivity contribution in [1.29, 1.82) is 0 Å². The zero-order chi connectivity index (χ0) is 13.5. The highest BCUT2D eigenvalue weighted by Crippen LogP contribution is 2.08. The number of nitrogens with zero attached hydrogens (tertiary/aromatic N) is 3. The fraction of sp³-hybridized carbons (Fsp3) is 0.250. The summed E-state index contributed by atoms with van der Waals surface area (Å²) in [4.78, 5) is 11.3. The van der Waals surface area contributed by atoms with Crippen LogP contribution in [-0.4, -0.2) is 42.8 Å². The van der Waals surface area contributed by atoms with Crippen LogP contribution in [0.3, 0.4) is 0 Å². The van der Waals surface area contributed by atoms with Crippen LogP contribution >= 0.6 is 0 Å². The molecule has 3 heteroatoms. The Morgan fingerprint density at radius 3 is 2.42 bits per heavy atom. The van der Waals surface area contributed by atoms with Crippen LogP contribution in [0.2, 0.25) is 0 Å². The van der Waals surface area contributed by atoms with Gasteiger partial charge in [-0.25, -0.2) is 0 Å². The molecule has 0 bridgehead atoms. The van der Waals surface area contributed by atoms with E-state index >= 15 is 0 Å². The van der Waals surface area contributed by atoms with E-state index in [0.29, 0.717) is 0 Å². The fourth-order valence-corrected chi connectivity index (χ4v) is 1.78. The number of hydrogen-bond donors (Lipinski definition) is 0. The minimum atomic E-state index is 0.772. The largest absolute Gasteiger partial charge is 0.308 e. The molecule has 0 N–H and O–H groups in total. The molecule has 0 atom stereocenters. The predicted octanol–water partition coefficient (Wildman–Crippen LogP) is 2.48. The van der Waals surface area contributed by atoms with Gasteiger partial charge in [-0.1, -0.05) is 36.4 Å². The van der Waals surface area contributed by atoms with E-state index in [2.05, 4.69) is 36.1 Å². The monoisotopic (exact) mass is 253 g/mol. The number of likely N-dealkylation sites (N-methyl/N-ethyl adjacent to an activating group) is 1. The third-order valence-electron chi connectivity index (χ3n) is 2.77. The molecule has 1 aromatic carbocycles. The minimum absolute atomic E-state index is 0.772. The summed E-state index contributed by atoms with van der Waals surface area (Å²) < 4.78 is 0. The van der Waals surface area contributed by atoms with Crippen LogP contribution in [-0.2, 0) is 0 Å². The standard InChI is InChI=1S/C16H19N3/c1-19(2)13-12-18-16(14-8-4-3-5-9-14)15-10-6-7-11-17-15/h3-11H,12-13H2,1-2H3. The molecule has 19 heavy (non-hydrogen) atoms. The van der Waals surface area contributed by atoms with Crippen LogP contribution in [0.25, 0.3) is 0 Å². The predicted molar refractivity (Wildman–Crippen MR) is 79.7 cm³/mol. The van der Waals surface area contributed by atoms with Crippen LogP contribution in [0.4, 0.5) is 0 Å². The summed E-state index contributed by atoms with van der Waals surface area (Å²) in [6, 6.07) is 16.1. The Labute approximate surface area is 114 Å². The second kappa shape index (κ2) is 6.81. The highest BCUT2D eigenvalue weighted by Gasteiger charge is 2.06. The Balaban J connectivity index is 2.29. The van der Waals surface area contributed by atoms with Gasteiger partial charge in [-0.05, 0) is 26.2 Å². The molecule has 1 heterocycles. The first-order chi connectivity index (χ1) is 9.27. The second-order valence-electron chi connectivity index (χ2n) is 4.61. The lowest BCUT2D eigenvalue weighted by Crippen LogP contribution is -2.17. The summed E-state index contributed by atoms with van der Waals surface area (Å²) >= 11 is 0. The van der Waals surface area contributed by atoms with Crippen LogP contribution in [0, 0.1) is 0 Å². The molecule has 0 amide bonds. The molecular formula is C16H19N3. The lowest BCUT2D eigenvalue weighted by Gasteiger charge is -2.09. The summed E-state index contributed by atoms with van der Waals surface area (Å²) in [6.45, 7) is 1.71. The maximum atomic E-state index is 4.72. The zero-order valence-corrected chi connectivity index (χ0v) is 11.5. The van der Waals surface area contributed by atoms with Gasteiger partial charge < -0.3 is 4.90 Å². The van der Waals surface area contributed by atoms with E-state index < -0.39 is 0 Å². The molecule has 0 saturated heterocycles. The normalized spacial score (nSPS) is 11.8. The van der Waals surface area contributed by atoms with Gasteiger partial charge in [0.25, 0.3) is 0 Å². The second-order valence-corrected chi connectivity index (χ2v) is 4.61. The molecule has 0 radical (unpaired) electrons. The third-order valence-corrected chi connectivity index (χ3v) is 2.77. The summed E-state index contributed by atoms with van der Waals surface area (Å²) in [6.07, 6.45) is 1.81. The average Bonchev–Trinajstić information content (AvgIpc) is 2.45. The molecule has 0 unspecified atom stereocenters. The van der Waals surface area contributed by atoms with Gasteiger partial charge in [-0.15, -0.1) is 0 Å². The molecule has 3 nitrogen and oxygen atoms in total. The Kier molecular flexibility index (Phi) is 4.81. The van der Waals surface area contributed by atoms with Crippen molar-refractivity contribution < 1.29 is 0 Å². The smallest absolute Gasteiger partial charge is 0.0903 e. The van der Waals surface area contributed by atoms with Gasteiger partial charge in [-0.2, -0.15) is 0 Å². The first-order valence-corrected chi connectivity index (χ1v) is 6.43. The Bertz CT molecular complexity index is 477. The molecule has 1 aromatic heterocycles. The van der Waals surface area contributed by atoms with Gasteiger partial charge >= 0.3 is 0 Å².